The summed E-state index contributed by atoms with van der Waals surface area (Å²) in [5.41, 5.74) is 1.10. The Bertz CT molecular complexity index is 943. The summed E-state index contributed by atoms with van der Waals surface area (Å²) < 4.78 is 32.7. The van der Waals surface area contributed by atoms with E-state index in [0.29, 0.717) is 12.2 Å². The molecule has 2 N–H and O–H groups in total. The van der Waals surface area contributed by atoms with Crippen LogP contribution in [0.5, 0.6) is 5.75 Å². The SMILES string of the molecule is COc1ccccc1CNc1ccnc(C(=O)Nc2c(F)cccc2F)c1. The number of benzene rings is 2. The third-order valence-corrected chi connectivity index (χ3v) is 3.87. The van der Waals surface area contributed by atoms with Crippen LogP contribution in [0.4, 0.5) is 20.2 Å². The minimum atomic E-state index is -0.853. The Morgan fingerprint density at radius 2 is 1.81 bits per heavy atom. The predicted molar refractivity (Wildman–Crippen MR) is 98.9 cm³/mol. The first-order valence-electron chi connectivity index (χ1n) is 8.15. The molecule has 3 aromatic rings. The van der Waals surface area contributed by atoms with Gasteiger partial charge in [0.15, 0.2) is 0 Å². The van der Waals surface area contributed by atoms with Crippen LogP contribution >= 0.6 is 0 Å². The van der Waals surface area contributed by atoms with Crippen LogP contribution in [0, 0.1) is 11.6 Å². The van der Waals surface area contributed by atoms with Crippen molar-refractivity contribution >= 4 is 17.3 Å². The van der Waals surface area contributed by atoms with Crippen LogP contribution in [0.3, 0.4) is 0 Å². The number of aromatic nitrogens is 1. The van der Waals surface area contributed by atoms with Crippen LogP contribution in [0.2, 0.25) is 0 Å². The molecule has 0 atom stereocenters. The molecule has 2 aromatic carbocycles. The van der Waals surface area contributed by atoms with Gasteiger partial charge in [-0.3, -0.25) is 9.78 Å². The van der Waals surface area contributed by atoms with Gasteiger partial charge in [0.25, 0.3) is 5.91 Å². The minimum Gasteiger partial charge on any atom is -0.496 e. The summed E-state index contributed by atoms with van der Waals surface area (Å²) >= 11 is 0. The van der Waals surface area contributed by atoms with Crippen molar-refractivity contribution in [3.63, 3.8) is 0 Å². The Balaban J connectivity index is 1.72. The number of rotatable bonds is 6. The second kappa shape index (κ2) is 8.27. The number of nitrogens with one attached hydrogen (secondary N) is 2. The van der Waals surface area contributed by atoms with Gasteiger partial charge in [-0.2, -0.15) is 0 Å². The van der Waals surface area contributed by atoms with E-state index in [9.17, 15) is 13.6 Å². The van der Waals surface area contributed by atoms with Gasteiger partial charge in [0.2, 0.25) is 0 Å². The number of para-hydroxylation sites is 2. The highest BCUT2D eigenvalue weighted by atomic mass is 19.1. The van der Waals surface area contributed by atoms with E-state index in [0.717, 1.165) is 23.4 Å². The van der Waals surface area contributed by atoms with Gasteiger partial charge in [0.05, 0.1) is 7.11 Å². The molecule has 0 radical (unpaired) electrons. The number of nitrogens with zero attached hydrogens (tertiary/aromatic N) is 1. The molecule has 1 amide bonds. The van der Waals surface area contributed by atoms with E-state index in [-0.39, 0.29) is 5.69 Å². The van der Waals surface area contributed by atoms with Gasteiger partial charge >= 0.3 is 0 Å². The smallest absolute Gasteiger partial charge is 0.274 e. The van der Waals surface area contributed by atoms with Gasteiger partial charge in [0, 0.05) is 24.0 Å². The molecule has 1 heterocycles. The third kappa shape index (κ3) is 4.38. The quantitative estimate of drug-likeness (QED) is 0.682. The van der Waals surface area contributed by atoms with Crippen LogP contribution in [0.15, 0.2) is 60.8 Å². The Labute approximate surface area is 155 Å². The van der Waals surface area contributed by atoms with E-state index in [2.05, 4.69) is 15.6 Å². The highest BCUT2D eigenvalue weighted by molar-refractivity contribution is 6.03. The summed E-state index contributed by atoms with van der Waals surface area (Å²) in [4.78, 5) is 16.3. The van der Waals surface area contributed by atoms with E-state index < -0.39 is 23.2 Å². The molecule has 1 aromatic heterocycles. The highest BCUT2D eigenvalue weighted by Gasteiger charge is 2.14. The number of anilines is 2. The molecule has 5 nitrogen and oxygen atoms in total. The predicted octanol–water partition coefficient (Wildman–Crippen LogP) is 4.23. The zero-order chi connectivity index (χ0) is 19.2. The first-order valence-corrected chi connectivity index (χ1v) is 8.15. The molecule has 0 bridgehead atoms. The van der Waals surface area contributed by atoms with Crippen LogP contribution in [-0.4, -0.2) is 18.0 Å². The summed E-state index contributed by atoms with van der Waals surface area (Å²) in [6.45, 7) is 0.469. The lowest BCUT2D eigenvalue weighted by atomic mass is 10.2. The van der Waals surface area contributed by atoms with Gasteiger partial charge in [-0.05, 0) is 30.3 Å². The number of hydrogen-bond donors (Lipinski definition) is 2. The first kappa shape index (κ1) is 18.3. The van der Waals surface area contributed by atoms with Crippen molar-refractivity contribution in [3.8, 4) is 5.75 Å². The normalized spacial score (nSPS) is 10.3. The van der Waals surface area contributed by atoms with E-state index in [4.69, 9.17) is 4.74 Å². The first-order chi connectivity index (χ1) is 13.1. The highest BCUT2D eigenvalue weighted by Crippen LogP contribution is 2.21. The number of halogens is 2. The van der Waals surface area contributed by atoms with Crippen molar-refractivity contribution in [2.24, 2.45) is 0 Å². The molecule has 0 unspecified atom stereocenters. The van der Waals surface area contributed by atoms with Crippen molar-refractivity contribution < 1.29 is 18.3 Å². The fraction of sp³-hybridized carbons (Fsp3) is 0.100. The monoisotopic (exact) mass is 369 g/mol. The average molecular weight is 369 g/mol. The maximum absolute atomic E-state index is 13.7. The van der Waals surface area contributed by atoms with Crippen LogP contribution < -0.4 is 15.4 Å². The Kier molecular flexibility index (Phi) is 5.61. The number of amides is 1. The fourth-order valence-corrected chi connectivity index (χ4v) is 2.51. The summed E-state index contributed by atoms with van der Waals surface area (Å²) in [7, 11) is 1.59. The standard InChI is InChI=1S/C20H17F2N3O2/c1-27-18-8-3-2-5-13(18)12-24-14-9-10-23-17(11-14)20(26)25-19-15(21)6-4-7-16(19)22/h2-11H,12H2,1H3,(H,23,24)(H,25,26). The summed E-state index contributed by atoms with van der Waals surface area (Å²) in [6, 6.07) is 14.1. The van der Waals surface area contributed by atoms with Crippen molar-refractivity contribution in [1.29, 1.82) is 0 Å². The largest absolute Gasteiger partial charge is 0.496 e. The van der Waals surface area contributed by atoms with Gasteiger partial charge in [-0.15, -0.1) is 0 Å². The number of carbonyl (C=O) groups is 1. The van der Waals surface area contributed by atoms with Crippen LogP contribution in [-0.2, 0) is 6.54 Å². The van der Waals surface area contributed by atoms with Crippen molar-refractivity contribution in [2.45, 2.75) is 6.54 Å². The van der Waals surface area contributed by atoms with Crippen molar-refractivity contribution in [3.05, 3.63) is 83.7 Å². The number of ether oxygens (including phenoxy) is 1. The van der Waals surface area contributed by atoms with E-state index in [1.165, 1.54) is 18.3 Å². The molecule has 0 spiro atoms. The molecular formula is C20H17F2N3O2. The Morgan fingerprint density at radius 3 is 2.56 bits per heavy atom. The van der Waals surface area contributed by atoms with Crippen molar-refractivity contribution in [2.75, 3.05) is 17.7 Å². The average Bonchev–Trinajstić information content (AvgIpc) is 2.69. The molecule has 0 aliphatic rings. The summed E-state index contributed by atoms with van der Waals surface area (Å²) in [6.07, 6.45) is 1.44. The molecule has 7 heteroatoms. The topological polar surface area (TPSA) is 63.2 Å². The lowest BCUT2D eigenvalue weighted by Crippen LogP contribution is -2.16. The second-order valence-electron chi connectivity index (χ2n) is 5.65. The lowest BCUT2D eigenvalue weighted by Gasteiger charge is -2.11. The molecule has 0 fully saturated rings. The summed E-state index contributed by atoms with van der Waals surface area (Å²) in [5, 5.41) is 5.38. The lowest BCUT2D eigenvalue weighted by molar-refractivity contribution is 0.102. The molecule has 0 saturated carbocycles. The maximum atomic E-state index is 13.7. The molecular weight excluding hydrogens is 352 g/mol. The Morgan fingerprint density at radius 1 is 1.07 bits per heavy atom. The molecule has 138 valence electrons. The van der Waals surface area contributed by atoms with Crippen molar-refractivity contribution in [1.82, 2.24) is 4.98 Å². The molecule has 0 aliphatic heterocycles. The zero-order valence-electron chi connectivity index (χ0n) is 14.5. The van der Waals surface area contributed by atoms with Gasteiger partial charge < -0.3 is 15.4 Å². The maximum Gasteiger partial charge on any atom is 0.274 e. The molecule has 3 rings (SSSR count). The zero-order valence-corrected chi connectivity index (χ0v) is 14.5. The molecule has 0 aliphatic carbocycles. The van der Waals surface area contributed by atoms with Gasteiger partial charge in [-0.1, -0.05) is 24.3 Å². The number of methoxy groups -OCH3 is 1. The van der Waals surface area contributed by atoms with E-state index in [1.54, 1.807) is 13.2 Å². The Hall–Kier alpha value is -3.48. The molecule has 0 saturated heterocycles. The number of pyridine rings is 1. The number of hydrogen-bond acceptors (Lipinski definition) is 4. The minimum absolute atomic E-state index is 0.0303. The van der Waals surface area contributed by atoms with Crippen LogP contribution in [0.25, 0.3) is 0 Å². The van der Waals surface area contributed by atoms with Gasteiger partial charge in [-0.25, -0.2) is 8.78 Å². The van der Waals surface area contributed by atoms with E-state index >= 15 is 0 Å². The third-order valence-electron chi connectivity index (χ3n) is 3.87. The summed E-state index contributed by atoms with van der Waals surface area (Å²) in [5.74, 6) is -1.67. The van der Waals surface area contributed by atoms with E-state index in [1.807, 2.05) is 24.3 Å². The number of carbonyl (C=O) groups excluding carboxylic acids is 1. The fourth-order valence-electron chi connectivity index (χ4n) is 2.51. The molecule has 27 heavy (non-hydrogen) atoms. The second-order valence-corrected chi connectivity index (χ2v) is 5.65. The van der Waals surface area contributed by atoms with Gasteiger partial charge in [0.1, 0.15) is 28.8 Å². The van der Waals surface area contributed by atoms with Crippen LogP contribution in [0.1, 0.15) is 16.1 Å².